The van der Waals surface area contributed by atoms with E-state index in [1.165, 1.54) is 0 Å². The number of amides is 2. The van der Waals surface area contributed by atoms with Gasteiger partial charge in [0.25, 0.3) is 5.91 Å². The number of anilines is 1. The van der Waals surface area contributed by atoms with E-state index >= 15 is 0 Å². The van der Waals surface area contributed by atoms with E-state index in [0.717, 1.165) is 38.1 Å². The summed E-state index contributed by atoms with van der Waals surface area (Å²) in [5.74, 6) is 0.720. The normalized spacial score (nSPS) is 11.6. The number of ether oxygens (including phenoxy) is 1. The van der Waals surface area contributed by atoms with Crippen LogP contribution in [0, 0.1) is 6.92 Å². The molecule has 9 heteroatoms. The molecule has 8 nitrogen and oxygen atoms in total. The molecule has 0 radical (unpaired) electrons. The number of nitrogens with one attached hydrogen (secondary N) is 1. The fourth-order valence-corrected chi connectivity index (χ4v) is 5.34. The Morgan fingerprint density at radius 1 is 1.13 bits per heavy atom. The molecule has 0 fully saturated rings. The largest absolute Gasteiger partial charge is 0.472 e. The predicted octanol–water partition coefficient (Wildman–Crippen LogP) is 6.98. The molecular weight excluding hydrogens is 548 g/mol. The van der Waals surface area contributed by atoms with Crippen molar-refractivity contribution in [2.24, 2.45) is 0 Å². The summed E-state index contributed by atoms with van der Waals surface area (Å²) in [4.78, 5) is 32.2. The van der Waals surface area contributed by atoms with Gasteiger partial charge in [0.2, 0.25) is 0 Å². The molecule has 0 unspecified atom stereocenters. The number of carbonyl (C=O) groups is 2. The zero-order valence-electron chi connectivity index (χ0n) is 22.8. The van der Waals surface area contributed by atoms with Gasteiger partial charge >= 0.3 is 6.09 Å². The van der Waals surface area contributed by atoms with Crippen molar-refractivity contribution < 1.29 is 18.7 Å². The SMILES string of the molecule is CCc1nc(C)c(C(=O)N(C)C)n1Cc1c2ccocc-2c(Br)c1-c1ccccc1NC(=O)OC(C)(C)C. The number of halogens is 1. The van der Waals surface area contributed by atoms with E-state index in [0.29, 0.717) is 30.0 Å². The van der Waals surface area contributed by atoms with Crippen LogP contribution in [0.4, 0.5) is 10.5 Å². The molecule has 1 aliphatic heterocycles. The summed E-state index contributed by atoms with van der Waals surface area (Å²) in [5.41, 5.74) is 5.77. The summed E-state index contributed by atoms with van der Waals surface area (Å²) in [7, 11) is 3.48. The lowest BCUT2D eigenvalue weighted by Gasteiger charge is -2.21. The van der Waals surface area contributed by atoms with Gasteiger partial charge in [0.1, 0.15) is 17.1 Å². The lowest BCUT2D eigenvalue weighted by Crippen LogP contribution is -2.27. The number of aryl methyl sites for hydroxylation is 2. The predicted molar refractivity (Wildman–Crippen MR) is 152 cm³/mol. The van der Waals surface area contributed by atoms with E-state index in [1.54, 1.807) is 31.5 Å². The fourth-order valence-electron chi connectivity index (χ4n) is 4.58. The maximum atomic E-state index is 13.2. The van der Waals surface area contributed by atoms with Crippen LogP contribution in [-0.4, -0.2) is 46.1 Å². The second-order valence-corrected chi connectivity index (χ2v) is 11.1. The number of carbonyl (C=O) groups excluding carboxylic acids is 2. The molecule has 0 saturated carbocycles. The van der Waals surface area contributed by atoms with Crippen molar-refractivity contribution in [3.8, 4) is 22.3 Å². The van der Waals surface area contributed by atoms with Gasteiger partial charge in [-0.1, -0.05) is 25.1 Å². The molecule has 1 aromatic heterocycles. The summed E-state index contributed by atoms with van der Waals surface area (Å²) in [5, 5.41) is 2.91. The van der Waals surface area contributed by atoms with Gasteiger partial charge in [-0.05, 0) is 66.9 Å². The van der Waals surface area contributed by atoms with Crippen LogP contribution in [0.5, 0.6) is 0 Å². The van der Waals surface area contributed by atoms with Crippen LogP contribution < -0.4 is 5.32 Å². The first-order valence-corrected chi connectivity index (χ1v) is 13.3. The summed E-state index contributed by atoms with van der Waals surface area (Å²) < 4.78 is 13.9. The second kappa shape index (κ2) is 10.6. The van der Waals surface area contributed by atoms with Crippen molar-refractivity contribution in [3.05, 3.63) is 70.1 Å². The third-order valence-electron chi connectivity index (χ3n) is 6.17. The quantitative estimate of drug-likeness (QED) is 0.266. The standard InChI is InChI=1S/C29H33BrN4O4/c1-8-23-31-17(2)26(27(35)33(6)7)34(23)15-20-18-13-14-37-16-21(18)25(30)24(20)19-11-9-10-12-22(19)32-28(36)38-29(3,4)5/h9-14,16H,8,15H2,1-7H3,(H,32,36). The smallest absolute Gasteiger partial charge is 0.412 e. The van der Waals surface area contributed by atoms with Crippen LogP contribution in [0.3, 0.4) is 0 Å². The van der Waals surface area contributed by atoms with E-state index in [4.69, 9.17) is 14.1 Å². The van der Waals surface area contributed by atoms with Crippen molar-refractivity contribution in [3.63, 3.8) is 0 Å². The van der Waals surface area contributed by atoms with Gasteiger partial charge in [0.05, 0.1) is 30.5 Å². The van der Waals surface area contributed by atoms with Crippen LogP contribution in [0.25, 0.3) is 22.3 Å². The first kappa shape index (κ1) is 27.4. The van der Waals surface area contributed by atoms with Gasteiger partial charge < -0.3 is 18.6 Å². The van der Waals surface area contributed by atoms with Crippen LogP contribution in [0.1, 0.15) is 55.3 Å². The van der Waals surface area contributed by atoms with Crippen molar-refractivity contribution in [2.45, 2.75) is 53.2 Å². The molecule has 0 bridgehead atoms. The number of hydrogen-bond donors (Lipinski definition) is 1. The molecule has 1 N–H and O–H groups in total. The van der Waals surface area contributed by atoms with Gasteiger partial charge in [-0.15, -0.1) is 0 Å². The third-order valence-corrected chi connectivity index (χ3v) is 6.99. The monoisotopic (exact) mass is 580 g/mol. The molecular formula is C29H33BrN4O4. The van der Waals surface area contributed by atoms with Gasteiger partial charge in [0.15, 0.2) is 0 Å². The number of aromatic nitrogens is 2. The molecule has 1 aliphatic carbocycles. The molecule has 2 amide bonds. The van der Waals surface area contributed by atoms with Crippen LogP contribution >= 0.6 is 15.9 Å². The Hall–Kier alpha value is -3.59. The molecule has 0 spiro atoms. The summed E-state index contributed by atoms with van der Waals surface area (Å²) >= 11 is 3.81. The van der Waals surface area contributed by atoms with Gasteiger partial charge in [-0.2, -0.15) is 0 Å². The van der Waals surface area contributed by atoms with Crippen LogP contribution in [0.2, 0.25) is 0 Å². The minimum atomic E-state index is -0.632. The molecule has 0 saturated heterocycles. The van der Waals surface area contributed by atoms with Crippen molar-refractivity contribution in [2.75, 3.05) is 19.4 Å². The lowest BCUT2D eigenvalue weighted by molar-refractivity contribution is 0.0635. The fraction of sp³-hybridized carbons (Fsp3) is 0.345. The Labute approximate surface area is 231 Å². The second-order valence-electron chi connectivity index (χ2n) is 10.3. The van der Waals surface area contributed by atoms with E-state index in [2.05, 4.69) is 21.2 Å². The molecule has 1 aromatic carbocycles. The van der Waals surface area contributed by atoms with E-state index < -0.39 is 11.7 Å². The maximum absolute atomic E-state index is 13.2. The van der Waals surface area contributed by atoms with E-state index in [1.807, 2.05) is 69.5 Å². The summed E-state index contributed by atoms with van der Waals surface area (Å²) in [6, 6.07) is 9.51. The minimum Gasteiger partial charge on any atom is -0.472 e. The zero-order chi connectivity index (χ0) is 27.8. The van der Waals surface area contributed by atoms with Gasteiger partial charge in [-0.25, -0.2) is 9.78 Å². The molecule has 2 aromatic rings. The highest BCUT2D eigenvalue weighted by molar-refractivity contribution is 9.10. The third kappa shape index (κ3) is 5.34. The van der Waals surface area contributed by atoms with E-state index in [9.17, 15) is 9.59 Å². The number of hydrogen-bond acceptors (Lipinski definition) is 5. The minimum absolute atomic E-state index is 0.104. The van der Waals surface area contributed by atoms with Crippen molar-refractivity contribution in [1.82, 2.24) is 14.5 Å². The Morgan fingerprint density at radius 3 is 2.50 bits per heavy atom. The maximum Gasteiger partial charge on any atom is 0.412 e. The van der Waals surface area contributed by atoms with E-state index in [-0.39, 0.29) is 5.91 Å². The van der Waals surface area contributed by atoms with Crippen molar-refractivity contribution in [1.29, 1.82) is 0 Å². The number of para-hydroxylation sites is 1. The number of rotatable bonds is 6. The Kier molecular flexibility index (Phi) is 7.69. The van der Waals surface area contributed by atoms with Gasteiger partial charge in [-0.3, -0.25) is 10.1 Å². The molecule has 38 heavy (non-hydrogen) atoms. The number of benzene rings is 1. The van der Waals surface area contributed by atoms with Crippen molar-refractivity contribution >= 4 is 33.6 Å². The average Bonchev–Trinajstić information content (AvgIpc) is 3.31. The first-order valence-electron chi connectivity index (χ1n) is 12.5. The average molecular weight is 582 g/mol. The summed E-state index contributed by atoms with van der Waals surface area (Å²) in [6.07, 6.45) is 3.47. The molecule has 2 aliphatic rings. The summed E-state index contributed by atoms with van der Waals surface area (Å²) in [6.45, 7) is 9.77. The molecule has 0 atom stereocenters. The highest BCUT2D eigenvalue weighted by Crippen LogP contribution is 2.48. The molecule has 200 valence electrons. The van der Waals surface area contributed by atoms with Crippen LogP contribution in [0.15, 0.2) is 51.7 Å². The molecule has 2 heterocycles. The topological polar surface area (TPSA) is 89.6 Å². The number of fused-ring (bicyclic) bond motifs is 1. The van der Waals surface area contributed by atoms with Crippen LogP contribution in [-0.2, 0) is 17.7 Å². The first-order chi connectivity index (χ1) is 17.9. The Bertz CT molecular complexity index is 1460. The Morgan fingerprint density at radius 2 is 1.84 bits per heavy atom. The zero-order valence-corrected chi connectivity index (χ0v) is 24.4. The number of nitrogens with zero attached hydrogens (tertiary/aromatic N) is 3. The lowest BCUT2D eigenvalue weighted by atomic mass is 10.0. The highest BCUT2D eigenvalue weighted by Gasteiger charge is 2.29. The number of imidazole rings is 1. The van der Waals surface area contributed by atoms with Gasteiger partial charge in [0, 0.05) is 41.7 Å². The Balaban J connectivity index is 1.91. The molecule has 4 rings (SSSR count). The highest BCUT2D eigenvalue weighted by atomic mass is 79.9.